The molecule has 0 unspecified atom stereocenters. The molecule has 0 saturated carbocycles. The van der Waals surface area contributed by atoms with Gasteiger partial charge in [0.25, 0.3) is 0 Å². The van der Waals surface area contributed by atoms with E-state index < -0.39 is 20.6 Å². The molecule has 0 aliphatic carbocycles. The minimum absolute atomic E-state index is 0. The Kier molecular flexibility index (Phi) is 4.71. The van der Waals surface area contributed by atoms with Crippen LogP contribution >= 0.6 is 0 Å². The van der Waals surface area contributed by atoms with E-state index in [0.29, 0.717) is 22.6 Å². The molecule has 0 N–H and O–H groups in total. The third-order valence-corrected chi connectivity index (χ3v) is 5.11. The van der Waals surface area contributed by atoms with Crippen molar-refractivity contribution >= 4 is 22.1 Å². The molecule has 1 radical (unpaired) electrons. The SMILES string of the molecule is [2H]C([2H])([2H])c1ccc2c(n1)oc1c(-c3ccccn3)[c-]ccc12.[2H]C([2H])([2H])c1cnc(-c2[c-]cccc2)cc1C([2H])([2H])[2H].[Ir]. The molecule has 6 aromatic rings. The van der Waals surface area contributed by atoms with Crippen molar-refractivity contribution in [3.63, 3.8) is 0 Å². The number of hydrogen-bond donors (Lipinski definition) is 0. The third kappa shape index (κ3) is 5.22. The molecule has 0 aliphatic heterocycles. The number of aromatic nitrogens is 3. The quantitative estimate of drug-likeness (QED) is 0.186. The normalized spacial score (nSPS) is 15.4. The summed E-state index contributed by atoms with van der Waals surface area (Å²) in [5.41, 5.74) is 3.00. The third-order valence-electron chi connectivity index (χ3n) is 5.11. The van der Waals surface area contributed by atoms with Crippen LogP contribution in [0.1, 0.15) is 29.2 Å². The van der Waals surface area contributed by atoms with Gasteiger partial charge in [0.15, 0.2) is 0 Å². The number of nitrogens with zero attached hydrogens (tertiary/aromatic N) is 3. The first-order valence-electron chi connectivity index (χ1n) is 14.9. The van der Waals surface area contributed by atoms with Gasteiger partial charge in [-0.3, -0.25) is 0 Å². The zero-order valence-electron chi connectivity index (χ0n) is 27.2. The average Bonchev–Trinajstić information content (AvgIpc) is 3.35. The molecular formula is C30H23IrN3O-2. The molecule has 0 atom stereocenters. The van der Waals surface area contributed by atoms with E-state index in [4.69, 9.17) is 16.8 Å². The predicted octanol–water partition coefficient (Wildman–Crippen LogP) is 7.31. The largest absolute Gasteiger partial charge is 0.486 e. The maximum atomic E-state index is 7.50. The summed E-state index contributed by atoms with van der Waals surface area (Å²) in [7, 11) is 0. The van der Waals surface area contributed by atoms with Gasteiger partial charge >= 0.3 is 0 Å². The first-order valence-corrected chi connectivity index (χ1v) is 10.4. The Bertz CT molecular complexity index is 1890. The minimum atomic E-state index is -2.50. The molecular weight excluding hydrogens is 611 g/mol. The second-order valence-corrected chi connectivity index (χ2v) is 7.35. The Balaban J connectivity index is 0.000000199. The summed E-state index contributed by atoms with van der Waals surface area (Å²) in [6.07, 6.45) is 2.82. The van der Waals surface area contributed by atoms with Crippen molar-refractivity contribution in [3.8, 4) is 22.5 Å². The molecule has 0 spiro atoms. The summed E-state index contributed by atoms with van der Waals surface area (Å²) in [6.45, 7) is -7.27. The molecule has 0 amide bonds. The van der Waals surface area contributed by atoms with Gasteiger partial charge < -0.3 is 14.4 Å². The van der Waals surface area contributed by atoms with Crippen LogP contribution in [0.5, 0.6) is 0 Å². The van der Waals surface area contributed by atoms with Gasteiger partial charge in [0, 0.05) is 55.9 Å². The number of hydrogen-bond acceptors (Lipinski definition) is 4. The van der Waals surface area contributed by atoms with Gasteiger partial charge in [-0.2, -0.15) is 0 Å². The van der Waals surface area contributed by atoms with E-state index >= 15 is 0 Å². The Labute approximate surface area is 231 Å². The molecule has 0 fully saturated rings. The Morgan fingerprint density at radius 3 is 2.49 bits per heavy atom. The molecule has 35 heavy (non-hydrogen) atoms. The molecule has 0 bridgehead atoms. The predicted molar refractivity (Wildman–Crippen MR) is 136 cm³/mol. The molecule has 6 rings (SSSR count). The summed E-state index contributed by atoms with van der Waals surface area (Å²) in [5, 5.41) is 1.64. The monoisotopic (exact) mass is 643 g/mol. The molecule has 4 aromatic heterocycles. The number of furan rings is 1. The van der Waals surface area contributed by atoms with Crippen molar-refractivity contribution in [2.75, 3.05) is 0 Å². The Hall–Kier alpha value is -3.66. The standard InChI is InChI=1S/C17H11N2O.C13H12N.Ir/c1-11-8-9-13-12-5-4-6-14(15-7-2-3-10-18-15)16(12)20-17(13)19-11;1-10-8-13(14-9-11(10)2)12-6-4-3-5-7-12;/h2-5,7-10H,1H3;3-6,8-9H,1-2H3;/q2*-1;/i1D3;1D3,2D3;. The van der Waals surface area contributed by atoms with Crippen LogP contribution in [-0.4, -0.2) is 15.0 Å². The minimum Gasteiger partial charge on any atom is -0.486 e. The number of aryl methyl sites for hydroxylation is 3. The summed E-state index contributed by atoms with van der Waals surface area (Å²) >= 11 is 0. The molecule has 5 heteroatoms. The average molecular weight is 643 g/mol. The van der Waals surface area contributed by atoms with E-state index in [-0.39, 0.29) is 36.9 Å². The summed E-state index contributed by atoms with van der Waals surface area (Å²) in [4.78, 5) is 12.5. The fourth-order valence-electron chi connectivity index (χ4n) is 3.48. The maximum absolute atomic E-state index is 7.50. The van der Waals surface area contributed by atoms with E-state index in [1.807, 2.05) is 24.3 Å². The Morgan fingerprint density at radius 1 is 0.800 bits per heavy atom. The zero-order valence-corrected chi connectivity index (χ0v) is 20.6. The smallest absolute Gasteiger partial charge is 0.216 e. The fourth-order valence-corrected chi connectivity index (χ4v) is 3.48. The summed E-state index contributed by atoms with van der Waals surface area (Å²) < 4.78 is 73.0. The zero-order chi connectivity index (χ0) is 31.0. The molecule has 4 nitrogen and oxygen atoms in total. The van der Waals surface area contributed by atoms with Gasteiger partial charge in [-0.05, 0) is 55.7 Å². The van der Waals surface area contributed by atoms with Gasteiger partial charge in [-0.15, -0.1) is 54.1 Å². The Morgan fingerprint density at radius 2 is 1.71 bits per heavy atom. The van der Waals surface area contributed by atoms with Crippen molar-refractivity contribution in [3.05, 3.63) is 114 Å². The van der Waals surface area contributed by atoms with Crippen LogP contribution in [0.4, 0.5) is 0 Å². The van der Waals surface area contributed by atoms with Gasteiger partial charge in [-0.1, -0.05) is 34.7 Å². The van der Waals surface area contributed by atoms with Crippen LogP contribution in [-0.2, 0) is 20.1 Å². The molecule has 0 saturated heterocycles. The van der Waals surface area contributed by atoms with Crippen LogP contribution in [0.25, 0.3) is 44.6 Å². The first kappa shape index (κ1) is 15.4. The van der Waals surface area contributed by atoms with Crippen molar-refractivity contribution in [2.45, 2.75) is 20.6 Å². The molecule has 175 valence electrons. The first-order chi connectivity index (χ1) is 20.2. The van der Waals surface area contributed by atoms with Crippen LogP contribution in [0.2, 0.25) is 0 Å². The number of pyridine rings is 3. The molecule has 0 aliphatic rings. The van der Waals surface area contributed by atoms with Crippen LogP contribution in [0.3, 0.4) is 0 Å². The van der Waals surface area contributed by atoms with E-state index in [1.54, 1.807) is 42.6 Å². The van der Waals surface area contributed by atoms with E-state index in [1.165, 1.54) is 12.1 Å². The van der Waals surface area contributed by atoms with E-state index in [9.17, 15) is 0 Å². The van der Waals surface area contributed by atoms with Gasteiger partial charge in [0.05, 0.1) is 5.58 Å². The topological polar surface area (TPSA) is 51.8 Å². The maximum Gasteiger partial charge on any atom is 0.216 e. The summed E-state index contributed by atoms with van der Waals surface area (Å²) in [6, 6.07) is 26.9. The van der Waals surface area contributed by atoms with E-state index in [2.05, 4.69) is 27.1 Å². The van der Waals surface area contributed by atoms with Gasteiger partial charge in [0.2, 0.25) is 5.71 Å². The van der Waals surface area contributed by atoms with Crippen LogP contribution in [0.15, 0.2) is 89.6 Å². The number of benzene rings is 2. The van der Waals surface area contributed by atoms with Crippen molar-refractivity contribution in [2.24, 2.45) is 0 Å². The second-order valence-electron chi connectivity index (χ2n) is 7.35. The summed E-state index contributed by atoms with van der Waals surface area (Å²) in [5.74, 6) is 0. The number of fused-ring (bicyclic) bond motifs is 3. The van der Waals surface area contributed by atoms with Crippen LogP contribution in [0, 0.1) is 32.7 Å². The van der Waals surface area contributed by atoms with Gasteiger partial charge in [-0.25, -0.2) is 4.98 Å². The fraction of sp³-hybridized carbons (Fsp3) is 0.100. The molecule has 2 aromatic carbocycles. The second kappa shape index (κ2) is 10.7. The van der Waals surface area contributed by atoms with E-state index in [0.717, 1.165) is 28.2 Å². The van der Waals surface area contributed by atoms with Crippen molar-refractivity contribution < 1.29 is 36.9 Å². The van der Waals surface area contributed by atoms with Gasteiger partial charge in [0.1, 0.15) is 0 Å². The molecule has 4 heterocycles. The van der Waals surface area contributed by atoms with Crippen molar-refractivity contribution in [1.82, 2.24) is 15.0 Å². The number of rotatable bonds is 2. The van der Waals surface area contributed by atoms with Crippen LogP contribution < -0.4 is 0 Å². The van der Waals surface area contributed by atoms with Crippen molar-refractivity contribution in [1.29, 1.82) is 0 Å².